The van der Waals surface area contributed by atoms with Gasteiger partial charge in [-0.15, -0.1) is 0 Å². The second-order valence-electron chi connectivity index (χ2n) is 14.6. The lowest BCUT2D eigenvalue weighted by atomic mass is 9.45. The van der Waals surface area contributed by atoms with Gasteiger partial charge in [0.25, 0.3) is 5.91 Å². The Labute approximate surface area is 274 Å². The van der Waals surface area contributed by atoms with Crippen LogP contribution in [-0.4, -0.2) is 93.0 Å². The number of hydroxylamine groups is 2. The number of carbonyl (C=O) groups is 2. The number of hydrogen-bond donors (Lipinski definition) is 3. The molecule has 46 heavy (non-hydrogen) atoms. The summed E-state index contributed by atoms with van der Waals surface area (Å²) in [4.78, 5) is 37.0. The van der Waals surface area contributed by atoms with E-state index in [9.17, 15) is 14.7 Å². The molecule has 10 heteroatoms. The Morgan fingerprint density at radius 2 is 1.89 bits per heavy atom. The number of nitrogens with zero attached hydrogens (tertiary/aromatic N) is 3. The van der Waals surface area contributed by atoms with Crippen molar-refractivity contribution >= 4 is 17.5 Å². The third kappa shape index (κ3) is 6.12. The van der Waals surface area contributed by atoms with E-state index >= 15 is 0 Å². The first-order valence-corrected chi connectivity index (χ1v) is 16.5. The van der Waals surface area contributed by atoms with Crippen LogP contribution in [0.15, 0.2) is 36.4 Å². The molecular formula is C36H53N5O5. The Morgan fingerprint density at radius 3 is 2.46 bits per heavy atom. The van der Waals surface area contributed by atoms with Gasteiger partial charge in [0.2, 0.25) is 5.91 Å². The number of aliphatic hydroxyl groups is 1. The van der Waals surface area contributed by atoms with E-state index in [-0.39, 0.29) is 30.9 Å². The number of anilines is 1. The van der Waals surface area contributed by atoms with Gasteiger partial charge in [-0.25, -0.2) is 0 Å². The Morgan fingerprint density at radius 1 is 1.17 bits per heavy atom. The number of para-hydroxylation sites is 1. The molecule has 0 radical (unpaired) electrons. The smallest absolute Gasteiger partial charge is 0.253 e. The first-order valence-electron chi connectivity index (χ1n) is 16.5. The number of carbonyl (C=O) groups excluding carboxylic acids is 2. The number of nitrogens with one attached hydrogen (secondary N) is 1. The van der Waals surface area contributed by atoms with Gasteiger partial charge < -0.3 is 30.7 Å². The number of ether oxygens (including phenoxy) is 1. The number of methoxy groups -OCH3 is 1. The van der Waals surface area contributed by atoms with Crippen LogP contribution in [0.3, 0.4) is 0 Å². The van der Waals surface area contributed by atoms with E-state index in [2.05, 4.69) is 26.1 Å². The number of hydrogen-bond acceptors (Lipinski definition) is 8. The van der Waals surface area contributed by atoms with E-state index in [0.29, 0.717) is 34.5 Å². The van der Waals surface area contributed by atoms with Crippen LogP contribution in [0.4, 0.5) is 5.69 Å². The van der Waals surface area contributed by atoms with Crippen molar-refractivity contribution in [3.63, 3.8) is 0 Å². The lowest BCUT2D eigenvalue weighted by Gasteiger charge is -2.62. The standard InChI is InChI=1S/C36H53N5O5/c1-20-28-16-25(36(28,3)4)17-29(20)38-34(43)32-31(21(2)42)30(18-37)46-41(32)19-22-11-10-12-27(33(22)45-9)23-13-24(35(44)40(7)8)15-26(14-23)39(5)6/h10-15,20-21,25,28-32,42H,16-19,37H2,1-9H3,(H,38,43)/t20-,21-,25-,28+,29-,30-,31+,32-/m0/s1. The molecule has 0 unspecified atom stereocenters. The zero-order valence-electron chi connectivity index (χ0n) is 28.9. The zero-order valence-corrected chi connectivity index (χ0v) is 28.9. The highest BCUT2D eigenvalue weighted by atomic mass is 16.7. The largest absolute Gasteiger partial charge is 0.496 e. The van der Waals surface area contributed by atoms with Crippen LogP contribution in [0.1, 0.15) is 56.5 Å². The maximum atomic E-state index is 14.2. The Balaban J connectivity index is 1.47. The molecule has 2 aromatic carbocycles. The van der Waals surface area contributed by atoms with Gasteiger partial charge in [0.05, 0.1) is 25.9 Å². The summed E-state index contributed by atoms with van der Waals surface area (Å²) in [6, 6.07) is 11.0. The minimum Gasteiger partial charge on any atom is -0.496 e. The first-order chi connectivity index (χ1) is 21.7. The van der Waals surface area contributed by atoms with Gasteiger partial charge in [0.1, 0.15) is 11.8 Å². The molecule has 2 amide bonds. The summed E-state index contributed by atoms with van der Waals surface area (Å²) in [5.74, 6) is 1.45. The molecule has 4 N–H and O–H groups in total. The number of nitrogens with two attached hydrogens (primary N) is 1. The summed E-state index contributed by atoms with van der Waals surface area (Å²) in [6.07, 6.45) is 0.866. The van der Waals surface area contributed by atoms with Gasteiger partial charge in [-0.2, -0.15) is 5.06 Å². The molecule has 1 aliphatic heterocycles. The van der Waals surface area contributed by atoms with E-state index in [1.165, 1.54) is 6.42 Å². The lowest BCUT2D eigenvalue weighted by Crippen LogP contribution is -2.62. The van der Waals surface area contributed by atoms with E-state index in [1.807, 2.05) is 55.4 Å². The van der Waals surface area contributed by atoms with Crippen LogP contribution in [0.2, 0.25) is 0 Å². The number of aliphatic hydroxyl groups excluding tert-OH is 1. The predicted molar refractivity (Wildman–Crippen MR) is 180 cm³/mol. The highest BCUT2D eigenvalue weighted by Gasteiger charge is 2.57. The van der Waals surface area contributed by atoms with Crippen molar-refractivity contribution in [2.75, 3.05) is 46.7 Å². The van der Waals surface area contributed by atoms with Gasteiger partial charge in [-0.1, -0.05) is 39.0 Å². The minimum absolute atomic E-state index is 0.0820. The van der Waals surface area contributed by atoms with Crippen molar-refractivity contribution in [2.24, 2.45) is 34.8 Å². The normalized spacial score (nSPS) is 29.1. The van der Waals surface area contributed by atoms with Crippen molar-refractivity contribution in [3.8, 4) is 16.9 Å². The third-order valence-corrected chi connectivity index (χ3v) is 11.1. The van der Waals surface area contributed by atoms with Crippen molar-refractivity contribution in [2.45, 2.75) is 71.4 Å². The monoisotopic (exact) mass is 635 g/mol. The maximum absolute atomic E-state index is 14.2. The summed E-state index contributed by atoms with van der Waals surface area (Å²) in [6.45, 7) is 9.06. The Bertz CT molecular complexity index is 1440. The summed E-state index contributed by atoms with van der Waals surface area (Å²) >= 11 is 0. The molecule has 10 nitrogen and oxygen atoms in total. The van der Waals surface area contributed by atoms with Gasteiger partial charge in [-0.3, -0.25) is 14.4 Å². The summed E-state index contributed by atoms with van der Waals surface area (Å²) in [7, 11) is 8.98. The van der Waals surface area contributed by atoms with Gasteiger partial charge >= 0.3 is 0 Å². The summed E-state index contributed by atoms with van der Waals surface area (Å²) in [5, 5.41) is 16.0. The molecule has 4 aliphatic rings. The fourth-order valence-electron chi connectivity index (χ4n) is 8.28. The molecular weight excluding hydrogens is 582 g/mol. The van der Waals surface area contributed by atoms with Gasteiger partial charge in [0, 0.05) is 69.1 Å². The van der Waals surface area contributed by atoms with Crippen molar-refractivity contribution in [1.29, 1.82) is 0 Å². The molecule has 3 saturated carbocycles. The van der Waals surface area contributed by atoms with E-state index in [0.717, 1.165) is 28.8 Å². The number of amides is 2. The first kappa shape index (κ1) is 34.2. The molecule has 4 fully saturated rings. The molecule has 1 heterocycles. The molecule has 2 aromatic rings. The highest BCUT2D eigenvalue weighted by molar-refractivity contribution is 5.97. The average Bonchev–Trinajstić information content (AvgIpc) is 3.39. The second-order valence-corrected chi connectivity index (χ2v) is 14.6. The highest BCUT2D eigenvalue weighted by Crippen LogP contribution is 2.61. The maximum Gasteiger partial charge on any atom is 0.253 e. The predicted octanol–water partition coefficient (Wildman–Crippen LogP) is 3.76. The summed E-state index contributed by atoms with van der Waals surface area (Å²) < 4.78 is 6.02. The SMILES string of the molecule is COc1c(CN2O[C@@H](CN)[C@@H]([C@H](C)O)[C@H]2C(=O)N[C@H]2C[C@@H]3C[C@H]([C@@H]2C)C3(C)C)cccc1-c1cc(C(=O)N(C)C)cc(N(C)C)c1. The quantitative estimate of drug-likeness (QED) is 0.361. The molecule has 252 valence electrons. The number of rotatable bonds is 10. The Kier molecular flexibility index (Phi) is 9.76. The zero-order chi connectivity index (χ0) is 33.7. The molecule has 0 aromatic heterocycles. The average molecular weight is 636 g/mol. The van der Waals surface area contributed by atoms with Crippen LogP contribution in [-0.2, 0) is 16.2 Å². The van der Waals surface area contributed by atoms with Crippen molar-refractivity contribution < 1.29 is 24.3 Å². The molecule has 1 saturated heterocycles. The van der Waals surface area contributed by atoms with Crippen LogP contribution < -0.4 is 20.7 Å². The van der Waals surface area contributed by atoms with Crippen LogP contribution >= 0.6 is 0 Å². The third-order valence-electron chi connectivity index (χ3n) is 11.1. The Hall–Kier alpha value is -3.18. The van der Waals surface area contributed by atoms with Crippen LogP contribution in [0.5, 0.6) is 5.75 Å². The van der Waals surface area contributed by atoms with Gasteiger partial charge in [-0.05, 0) is 66.7 Å². The lowest BCUT2D eigenvalue weighted by molar-refractivity contribution is -0.175. The fraction of sp³-hybridized carbons (Fsp3) is 0.611. The van der Waals surface area contributed by atoms with E-state index in [1.54, 1.807) is 38.1 Å². The molecule has 3 aliphatic carbocycles. The number of fused-ring (bicyclic) bond motifs is 2. The second kappa shape index (κ2) is 13.1. The molecule has 2 bridgehead atoms. The number of benzene rings is 2. The molecule has 8 atom stereocenters. The van der Waals surface area contributed by atoms with Crippen LogP contribution in [0.25, 0.3) is 11.1 Å². The van der Waals surface area contributed by atoms with Crippen molar-refractivity contribution in [3.05, 3.63) is 47.5 Å². The molecule has 6 rings (SSSR count). The molecule has 0 spiro atoms. The van der Waals surface area contributed by atoms with Crippen molar-refractivity contribution in [1.82, 2.24) is 15.3 Å². The minimum atomic E-state index is -0.805. The van der Waals surface area contributed by atoms with E-state index in [4.69, 9.17) is 15.3 Å². The van der Waals surface area contributed by atoms with Gasteiger partial charge in [0.15, 0.2) is 0 Å². The summed E-state index contributed by atoms with van der Waals surface area (Å²) in [5.41, 5.74) is 10.4. The van der Waals surface area contributed by atoms with E-state index < -0.39 is 24.2 Å². The topological polar surface area (TPSA) is 121 Å². The van der Waals surface area contributed by atoms with Crippen LogP contribution in [0, 0.1) is 29.1 Å². The fourth-order valence-corrected chi connectivity index (χ4v) is 8.28.